The van der Waals surface area contributed by atoms with Crippen LogP contribution in [0.25, 0.3) is 0 Å². The van der Waals surface area contributed by atoms with E-state index in [0.29, 0.717) is 18.0 Å². The van der Waals surface area contributed by atoms with Gasteiger partial charge in [0.15, 0.2) is 0 Å². The maximum absolute atomic E-state index is 12.2. The van der Waals surface area contributed by atoms with Crippen molar-refractivity contribution in [3.05, 3.63) is 54.2 Å². The molecule has 25 heavy (non-hydrogen) atoms. The molecule has 2 amide bonds. The van der Waals surface area contributed by atoms with Crippen LogP contribution < -0.4 is 15.4 Å². The van der Waals surface area contributed by atoms with Crippen LogP contribution in [0.1, 0.15) is 12.5 Å². The molecule has 0 aliphatic carbocycles. The van der Waals surface area contributed by atoms with Gasteiger partial charge in [-0.3, -0.25) is 0 Å². The molecule has 0 bridgehead atoms. The summed E-state index contributed by atoms with van der Waals surface area (Å²) in [6.45, 7) is 1.97. The summed E-state index contributed by atoms with van der Waals surface area (Å²) in [7, 11) is 1.51. The topological polar surface area (TPSA) is 89.5 Å². The lowest BCUT2D eigenvalue weighted by Gasteiger charge is -2.18. The van der Waals surface area contributed by atoms with Gasteiger partial charge in [-0.1, -0.05) is 30.3 Å². The summed E-state index contributed by atoms with van der Waals surface area (Å²) in [6.07, 6.45) is 1.81. The molecule has 2 N–H and O–H groups in total. The van der Waals surface area contributed by atoms with Crippen LogP contribution in [0.3, 0.4) is 0 Å². The van der Waals surface area contributed by atoms with Crippen LogP contribution in [-0.4, -0.2) is 36.7 Å². The number of ether oxygens (including phenoxy) is 2. The summed E-state index contributed by atoms with van der Waals surface area (Å²) in [5.41, 5.74) is 1.41. The minimum Gasteiger partial charge on any atom is -0.481 e. The summed E-state index contributed by atoms with van der Waals surface area (Å²) in [4.78, 5) is 28.3. The molecular formula is C18H21N3O4. The zero-order valence-electron chi connectivity index (χ0n) is 14.2. The van der Waals surface area contributed by atoms with Crippen LogP contribution in [0, 0.1) is 0 Å². The lowest BCUT2D eigenvalue weighted by Crippen LogP contribution is -2.45. The van der Waals surface area contributed by atoms with Crippen LogP contribution in [0.4, 0.5) is 10.5 Å². The number of hydrogen-bond acceptors (Lipinski definition) is 5. The fourth-order valence-electron chi connectivity index (χ4n) is 2.19. The number of aromatic nitrogens is 1. The molecular weight excluding hydrogens is 322 g/mol. The summed E-state index contributed by atoms with van der Waals surface area (Å²) in [5.74, 6) is -0.0335. The number of methoxy groups -OCH3 is 1. The molecule has 7 nitrogen and oxygen atoms in total. The van der Waals surface area contributed by atoms with Crippen molar-refractivity contribution in [3.8, 4) is 5.88 Å². The smallest absolute Gasteiger partial charge is 0.329 e. The predicted molar refractivity (Wildman–Crippen MR) is 93.5 cm³/mol. The Morgan fingerprint density at radius 3 is 2.52 bits per heavy atom. The fraction of sp³-hybridized carbons (Fsp3) is 0.278. The molecule has 1 heterocycles. The maximum atomic E-state index is 12.2. The zero-order valence-corrected chi connectivity index (χ0v) is 14.2. The van der Waals surface area contributed by atoms with Crippen LogP contribution in [-0.2, 0) is 16.0 Å². The summed E-state index contributed by atoms with van der Waals surface area (Å²) in [5, 5.41) is 5.27. The van der Waals surface area contributed by atoms with Crippen molar-refractivity contribution in [3.63, 3.8) is 0 Å². The van der Waals surface area contributed by atoms with E-state index in [1.54, 1.807) is 19.1 Å². The number of esters is 1. The number of nitrogens with one attached hydrogen (secondary N) is 2. The highest BCUT2D eigenvalue weighted by molar-refractivity contribution is 5.92. The Kier molecular flexibility index (Phi) is 6.76. The second-order valence-electron chi connectivity index (χ2n) is 5.18. The third-order valence-corrected chi connectivity index (χ3v) is 3.36. The molecule has 2 rings (SSSR count). The first-order valence-electron chi connectivity index (χ1n) is 7.90. The quantitative estimate of drug-likeness (QED) is 0.754. The van der Waals surface area contributed by atoms with Crippen molar-refractivity contribution in [1.29, 1.82) is 0 Å². The van der Waals surface area contributed by atoms with E-state index in [-0.39, 0.29) is 6.61 Å². The summed E-state index contributed by atoms with van der Waals surface area (Å²) < 4.78 is 10.0. The van der Waals surface area contributed by atoms with Crippen molar-refractivity contribution in [2.45, 2.75) is 19.4 Å². The molecule has 0 unspecified atom stereocenters. The van der Waals surface area contributed by atoms with E-state index in [1.165, 1.54) is 13.3 Å². The van der Waals surface area contributed by atoms with Gasteiger partial charge < -0.3 is 20.1 Å². The van der Waals surface area contributed by atoms with Gasteiger partial charge in [-0.15, -0.1) is 0 Å². The standard InChI is InChI=1S/C18H21N3O4/c1-3-25-17(22)15(11-13-7-5-4-6-8-13)21-18(23)20-14-9-10-16(24-2)19-12-14/h4-10,12,15H,3,11H2,1-2H3,(H2,20,21,23)/t15-/m0/s1. The van der Waals surface area contributed by atoms with Gasteiger partial charge in [-0.25, -0.2) is 14.6 Å². The first-order valence-corrected chi connectivity index (χ1v) is 7.90. The van der Waals surface area contributed by atoms with Crippen LogP contribution in [0.2, 0.25) is 0 Å². The first-order chi connectivity index (χ1) is 12.1. The molecule has 0 aliphatic rings. The van der Waals surface area contributed by atoms with E-state index in [0.717, 1.165) is 5.56 Å². The Hall–Kier alpha value is -3.09. The molecule has 0 saturated heterocycles. The number of carbonyl (C=O) groups excluding carboxylic acids is 2. The van der Waals surface area contributed by atoms with Crippen molar-refractivity contribution in [2.24, 2.45) is 0 Å². The molecule has 7 heteroatoms. The molecule has 0 fully saturated rings. The fourth-order valence-corrected chi connectivity index (χ4v) is 2.19. The van der Waals surface area contributed by atoms with Gasteiger partial charge in [-0.2, -0.15) is 0 Å². The Balaban J connectivity index is 2.01. The number of carbonyl (C=O) groups is 2. The average molecular weight is 343 g/mol. The second kappa shape index (κ2) is 9.27. The minimum absolute atomic E-state index is 0.246. The summed E-state index contributed by atoms with van der Waals surface area (Å²) in [6, 6.07) is 11.4. The van der Waals surface area contributed by atoms with Gasteiger partial charge in [0.25, 0.3) is 0 Å². The highest BCUT2D eigenvalue weighted by atomic mass is 16.5. The average Bonchev–Trinajstić information content (AvgIpc) is 2.63. The number of pyridine rings is 1. The van der Waals surface area contributed by atoms with E-state index < -0.39 is 18.0 Å². The molecule has 2 aromatic rings. The van der Waals surface area contributed by atoms with E-state index in [4.69, 9.17) is 9.47 Å². The third-order valence-electron chi connectivity index (χ3n) is 3.36. The van der Waals surface area contributed by atoms with Crippen molar-refractivity contribution in [2.75, 3.05) is 19.0 Å². The third kappa shape index (κ3) is 5.80. The number of hydrogen-bond donors (Lipinski definition) is 2. The minimum atomic E-state index is -0.784. The Labute approximate surface area is 146 Å². The maximum Gasteiger partial charge on any atom is 0.329 e. The number of benzene rings is 1. The van der Waals surface area contributed by atoms with Crippen molar-refractivity contribution < 1.29 is 19.1 Å². The van der Waals surface area contributed by atoms with Gasteiger partial charge >= 0.3 is 12.0 Å². The van der Waals surface area contributed by atoms with Crippen molar-refractivity contribution >= 4 is 17.7 Å². The van der Waals surface area contributed by atoms with Crippen LogP contribution in [0.5, 0.6) is 5.88 Å². The molecule has 132 valence electrons. The lowest BCUT2D eigenvalue weighted by molar-refractivity contribution is -0.145. The number of rotatable bonds is 7. The predicted octanol–water partition coefficient (Wildman–Crippen LogP) is 2.39. The highest BCUT2D eigenvalue weighted by Crippen LogP contribution is 2.11. The Morgan fingerprint density at radius 2 is 1.92 bits per heavy atom. The van der Waals surface area contributed by atoms with E-state index >= 15 is 0 Å². The molecule has 1 aromatic carbocycles. The number of amides is 2. The van der Waals surface area contributed by atoms with E-state index in [2.05, 4.69) is 15.6 Å². The van der Waals surface area contributed by atoms with Gasteiger partial charge in [0, 0.05) is 12.5 Å². The van der Waals surface area contributed by atoms with E-state index in [1.807, 2.05) is 30.3 Å². The molecule has 1 atom stereocenters. The molecule has 0 saturated carbocycles. The summed E-state index contributed by atoms with van der Waals surface area (Å²) >= 11 is 0. The molecule has 0 spiro atoms. The van der Waals surface area contributed by atoms with Gasteiger partial charge in [0.2, 0.25) is 5.88 Å². The monoisotopic (exact) mass is 343 g/mol. The Bertz CT molecular complexity index is 689. The SMILES string of the molecule is CCOC(=O)[C@H](Cc1ccccc1)NC(=O)Nc1ccc(OC)nc1. The largest absolute Gasteiger partial charge is 0.481 e. The highest BCUT2D eigenvalue weighted by Gasteiger charge is 2.22. The lowest BCUT2D eigenvalue weighted by atomic mass is 10.1. The van der Waals surface area contributed by atoms with Gasteiger partial charge in [-0.05, 0) is 18.6 Å². The number of anilines is 1. The van der Waals surface area contributed by atoms with E-state index in [9.17, 15) is 9.59 Å². The molecule has 0 aliphatic heterocycles. The Morgan fingerprint density at radius 1 is 1.16 bits per heavy atom. The molecule has 1 aromatic heterocycles. The van der Waals surface area contributed by atoms with Gasteiger partial charge in [0.1, 0.15) is 6.04 Å². The van der Waals surface area contributed by atoms with Crippen LogP contribution in [0.15, 0.2) is 48.7 Å². The number of nitrogens with zero attached hydrogens (tertiary/aromatic N) is 1. The number of urea groups is 1. The second-order valence-corrected chi connectivity index (χ2v) is 5.18. The molecule has 0 radical (unpaired) electrons. The van der Waals surface area contributed by atoms with Crippen LogP contribution >= 0.6 is 0 Å². The first kappa shape index (κ1) is 18.3. The normalized spacial score (nSPS) is 11.3. The van der Waals surface area contributed by atoms with Gasteiger partial charge in [0.05, 0.1) is 25.6 Å². The zero-order chi connectivity index (χ0) is 18.1. The van der Waals surface area contributed by atoms with Crippen molar-refractivity contribution in [1.82, 2.24) is 10.3 Å².